The van der Waals surface area contributed by atoms with E-state index in [1.165, 1.54) is 7.11 Å². The summed E-state index contributed by atoms with van der Waals surface area (Å²) in [7, 11) is 1.37. The van der Waals surface area contributed by atoms with Crippen LogP contribution in [0, 0.1) is 0 Å². The van der Waals surface area contributed by atoms with E-state index in [-0.39, 0.29) is 29.5 Å². The van der Waals surface area contributed by atoms with E-state index in [1.54, 1.807) is 24.3 Å². The van der Waals surface area contributed by atoms with Gasteiger partial charge in [-0.1, -0.05) is 41.0 Å². The number of benzene rings is 2. The standard InChI is InChI=1S/C22H22ClF3N4O5/c1-34-29-19(27)13-4-2-12(3-5-13)11-28-20(32)17-6-7-30(17)21(33)18(31)14-8-15(23)10-16(9-14)35-22(24,25)26/h2-5,8-10,17-18,31H,6-7,11H2,1H3,(H2,27,29)(H,28,32)/t17-,18-/m0/s1. The number of rotatable bonds is 8. The molecule has 0 radical (unpaired) electrons. The summed E-state index contributed by atoms with van der Waals surface area (Å²) >= 11 is 5.81. The normalized spacial score (nSPS) is 16.8. The molecule has 0 aliphatic carbocycles. The van der Waals surface area contributed by atoms with E-state index in [0.717, 1.165) is 28.7 Å². The summed E-state index contributed by atoms with van der Waals surface area (Å²) in [4.78, 5) is 31.1. The van der Waals surface area contributed by atoms with Crippen molar-refractivity contribution < 1.29 is 37.4 Å². The lowest BCUT2D eigenvalue weighted by atomic mass is 9.98. The molecule has 1 aliphatic rings. The minimum Gasteiger partial charge on any atom is -0.406 e. The lowest BCUT2D eigenvalue weighted by Crippen LogP contribution is -2.59. The van der Waals surface area contributed by atoms with E-state index in [0.29, 0.717) is 12.0 Å². The predicted octanol–water partition coefficient (Wildman–Crippen LogP) is 2.46. The fourth-order valence-electron chi connectivity index (χ4n) is 3.41. The molecule has 2 amide bonds. The first-order chi connectivity index (χ1) is 16.5. The molecule has 1 fully saturated rings. The van der Waals surface area contributed by atoms with Crippen LogP contribution >= 0.6 is 11.6 Å². The van der Waals surface area contributed by atoms with Crippen LogP contribution in [0.3, 0.4) is 0 Å². The Morgan fingerprint density at radius 3 is 2.54 bits per heavy atom. The third-order valence-electron chi connectivity index (χ3n) is 5.19. The largest absolute Gasteiger partial charge is 0.573 e. The number of alkyl halides is 3. The van der Waals surface area contributed by atoms with Gasteiger partial charge < -0.3 is 30.6 Å². The average molecular weight is 515 g/mol. The molecule has 0 bridgehead atoms. The van der Waals surface area contributed by atoms with Crippen molar-refractivity contribution in [2.45, 2.75) is 31.5 Å². The molecule has 9 nitrogen and oxygen atoms in total. The van der Waals surface area contributed by atoms with Gasteiger partial charge in [0.2, 0.25) is 5.91 Å². The van der Waals surface area contributed by atoms with E-state index in [1.807, 2.05) is 0 Å². The molecule has 3 rings (SSSR count). The van der Waals surface area contributed by atoms with Crippen LogP contribution in [0.4, 0.5) is 13.2 Å². The predicted molar refractivity (Wildman–Crippen MR) is 119 cm³/mol. The lowest BCUT2D eigenvalue weighted by Gasteiger charge is -2.40. The van der Waals surface area contributed by atoms with Crippen LogP contribution in [0.2, 0.25) is 5.02 Å². The topological polar surface area (TPSA) is 126 Å². The number of nitrogens with zero attached hydrogens (tertiary/aromatic N) is 2. The van der Waals surface area contributed by atoms with Crippen molar-refractivity contribution in [3.8, 4) is 5.75 Å². The van der Waals surface area contributed by atoms with Crippen LogP contribution in [0.15, 0.2) is 47.6 Å². The number of hydrogen-bond donors (Lipinski definition) is 3. The van der Waals surface area contributed by atoms with Crippen LogP contribution in [0.25, 0.3) is 0 Å². The van der Waals surface area contributed by atoms with Gasteiger partial charge in [-0.3, -0.25) is 9.59 Å². The number of aliphatic hydroxyl groups excluding tert-OH is 1. The number of oxime groups is 1. The van der Waals surface area contributed by atoms with E-state index in [2.05, 4.69) is 20.0 Å². The van der Waals surface area contributed by atoms with Crippen LogP contribution in [-0.2, 0) is 21.0 Å². The van der Waals surface area contributed by atoms with Crippen molar-refractivity contribution in [2.75, 3.05) is 13.7 Å². The van der Waals surface area contributed by atoms with E-state index in [9.17, 15) is 27.9 Å². The maximum atomic E-state index is 12.7. The number of nitrogens with one attached hydrogen (secondary N) is 1. The van der Waals surface area contributed by atoms with Gasteiger partial charge in [0.15, 0.2) is 11.9 Å². The smallest absolute Gasteiger partial charge is 0.406 e. The molecule has 4 N–H and O–H groups in total. The second-order valence-electron chi connectivity index (χ2n) is 7.58. The second-order valence-corrected chi connectivity index (χ2v) is 8.02. The molecule has 2 aromatic carbocycles. The van der Waals surface area contributed by atoms with Gasteiger partial charge in [-0.2, -0.15) is 0 Å². The highest BCUT2D eigenvalue weighted by Gasteiger charge is 2.40. The number of halogens is 4. The summed E-state index contributed by atoms with van der Waals surface area (Å²) in [5, 5.41) is 16.6. The first-order valence-electron chi connectivity index (χ1n) is 10.3. The molecule has 188 valence electrons. The zero-order valence-electron chi connectivity index (χ0n) is 18.4. The molecule has 1 aliphatic heterocycles. The van der Waals surface area contributed by atoms with Gasteiger partial charge >= 0.3 is 6.36 Å². The minimum absolute atomic E-state index is 0.159. The maximum absolute atomic E-state index is 12.7. The Balaban J connectivity index is 1.60. The lowest BCUT2D eigenvalue weighted by molar-refractivity contribution is -0.274. The van der Waals surface area contributed by atoms with Crippen molar-refractivity contribution in [3.05, 3.63) is 64.2 Å². The molecule has 2 aromatic rings. The Bertz CT molecular complexity index is 1110. The molecule has 0 spiro atoms. The maximum Gasteiger partial charge on any atom is 0.573 e. The van der Waals surface area contributed by atoms with Gasteiger partial charge in [0.05, 0.1) is 0 Å². The summed E-state index contributed by atoms with van der Waals surface area (Å²) in [6, 6.07) is 8.97. The average Bonchev–Trinajstić information content (AvgIpc) is 2.75. The van der Waals surface area contributed by atoms with Gasteiger partial charge in [0, 0.05) is 23.7 Å². The number of amidine groups is 1. The molecule has 2 atom stereocenters. The molecule has 0 unspecified atom stereocenters. The fourth-order valence-corrected chi connectivity index (χ4v) is 3.64. The number of ether oxygens (including phenoxy) is 1. The van der Waals surface area contributed by atoms with E-state index >= 15 is 0 Å². The summed E-state index contributed by atoms with van der Waals surface area (Å²) in [5.74, 6) is -1.75. The van der Waals surface area contributed by atoms with Crippen LogP contribution < -0.4 is 15.8 Å². The number of nitrogens with two attached hydrogens (primary N) is 1. The number of carbonyl (C=O) groups excluding carboxylic acids is 2. The summed E-state index contributed by atoms with van der Waals surface area (Å²) in [6.45, 7) is 0.376. The second kappa shape index (κ2) is 10.8. The van der Waals surface area contributed by atoms with Crippen LogP contribution in [-0.4, -0.2) is 53.7 Å². The van der Waals surface area contributed by atoms with Gasteiger partial charge in [-0.15, -0.1) is 13.2 Å². The van der Waals surface area contributed by atoms with Gasteiger partial charge in [-0.25, -0.2) is 0 Å². The quantitative estimate of drug-likeness (QED) is 0.282. The van der Waals surface area contributed by atoms with Gasteiger partial charge in [0.25, 0.3) is 5.91 Å². The Hall–Kier alpha value is -3.51. The Morgan fingerprint density at radius 1 is 1.29 bits per heavy atom. The molecule has 1 saturated heterocycles. The number of amides is 2. The van der Waals surface area contributed by atoms with Gasteiger partial charge in [-0.05, 0) is 35.7 Å². The van der Waals surface area contributed by atoms with Crippen molar-refractivity contribution in [1.82, 2.24) is 10.2 Å². The van der Waals surface area contributed by atoms with E-state index in [4.69, 9.17) is 17.3 Å². The highest BCUT2D eigenvalue weighted by Crippen LogP contribution is 2.31. The third-order valence-corrected chi connectivity index (χ3v) is 5.41. The summed E-state index contributed by atoms with van der Waals surface area (Å²) < 4.78 is 41.4. The number of carbonyl (C=O) groups is 2. The molecular formula is C22H22ClF3N4O5. The Morgan fingerprint density at radius 2 is 1.97 bits per heavy atom. The Kier molecular flexibility index (Phi) is 8.07. The van der Waals surface area contributed by atoms with Crippen molar-refractivity contribution >= 4 is 29.3 Å². The highest BCUT2D eigenvalue weighted by molar-refractivity contribution is 6.30. The summed E-state index contributed by atoms with van der Waals surface area (Å²) in [5.41, 5.74) is 6.94. The molecule has 1 heterocycles. The third kappa shape index (κ3) is 6.76. The van der Waals surface area contributed by atoms with Crippen molar-refractivity contribution in [3.63, 3.8) is 0 Å². The molecule has 0 aromatic heterocycles. The first-order valence-corrected chi connectivity index (χ1v) is 10.6. The van der Waals surface area contributed by atoms with E-state index < -0.39 is 36.1 Å². The molecule has 13 heteroatoms. The molecule has 0 saturated carbocycles. The van der Waals surface area contributed by atoms with Crippen LogP contribution in [0.5, 0.6) is 5.75 Å². The Labute approximate surface area is 203 Å². The highest BCUT2D eigenvalue weighted by atomic mass is 35.5. The zero-order chi connectivity index (χ0) is 25.8. The first kappa shape index (κ1) is 26.1. The van der Waals surface area contributed by atoms with Crippen molar-refractivity contribution in [2.24, 2.45) is 10.9 Å². The number of likely N-dealkylation sites (tertiary alicyclic amines) is 1. The molecule has 35 heavy (non-hydrogen) atoms. The van der Waals surface area contributed by atoms with Gasteiger partial charge in [0.1, 0.15) is 18.9 Å². The van der Waals surface area contributed by atoms with Crippen molar-refractivity contribution in [1.29, 1.82) is 0 Å². The van der Waals surface area contributed by atoms with Crippen LogP contribution in [0.1, 0.15) is 29.2 Å². The monoisotopic (exact) mass is 514 g/mol. The fraction of sp³-hybridized carbons (Fsp3) is 0.318. The number of hydrogen-bond acceptors (Lipinski definition) is 6. The molecular weight excluding hydrogens is 493 g/mol. The minimum atomic E-state index is -4.97. The number of aliphatic hydroxyl groups is 1. The summed E-state index contributed by atoms with van der Waals surface area (Å²) in [6.07, 6.45) is -6.43. The zero-order valence-corrected chi connectivity index (χ0v) is 19.1. The SMILES string of the molecule is CO/N=C(\N)c1ccc(CNC(=O)[C@@H]2CCN2C(=O)[C@@H](O)c2cc(Cl)cc(OC(F)(F)F)c2)cc1.